The smallest absolute Gasteiger partial charge is 0.131 e. The molecule has 1 heterocycles. The van der Waals surface area contributed by atoms with Crippen molar-refractivity contribution in [1.29, 1.82) is 0 Å². The monoisotopic (exact) mass is 210 g/mol. The van der Waals surface area contributed by atoms with Crippen LogP contribution in [0.3, 0.4) is 0 Å². The Hall–Kier alpha value is -0.760. The number of hydrogen-bond donors (Lipinski definition) is 1. The predicted octanol–water partition coefficient (Wildman–Crippen LogP) is 3.48. The van der Waals surface area contributed by atoms with Crippen LogP contribution in [0.2, 0.25) is 5.15 Å². The first-order chi connectivity index (χ1) is 6.68. The molecule has 1 aliphatic rings. The summed E-state index contributed by atoms with van der Waals surface area (Å²) in [6.07, 6.45) is 5.07. The molecule has 1 aromatic heterocycles. The second kappa shape index (κ2) is 3.77. The zero-order valence-corrected chi connectivity index (χ0v) is 9.14. The van der Waals surface area contributed by atoms with Gasteiger partial charge in [-0.25, -0.2) is 4.98 Å². The van der Waals surface area contributed by atoms with Crippen LogP contribution in [0.4, 0.5) is 5.82 Å². The van der Waals surface area contributed by atoms with Gasteiger partial charge in [0.2, 0.25) is 0 Å². The third kappa shape index (κ3) is 2.18. The first kappa shape index (κ1) is 9.78. The van der Waals surface area contributed by atoms with Gasteiger partial charge in [-0.05, 0) is 31.9 Å². The highest BCUT2D eigenvalue weighted by atomic mass is 35.5. The van der Waals surface area contributed by atoms with Crippen LogP contribution >= 0.6 is 11.6 Å². The third-order valence-corrected chi connectivity index (χ3v) is 3.06. The van der Waals surface area contributed by atoms with Gasteiger partial charge < -0.3 is 5.32 Å². The Balaban J connectivity index is 2.10. The molecule has 0 aromatic carbocycles. The fraction of sp³-hybridized carbons (Fsp3) is 0.545. The minimum absolute atomic E-state index is 0.220. The number of nitrogens with one attached hydrogen (secondary N) is 1. The minimum atomic E-state index is 0.220. The maximum Gasteiger partial charge on any atom is 0.131 e. The van der Waals surface area contributed by atoms with Crippen LogP contribution in [-0.2, 0) is 0 Å². The van der Waals surface area contributed by atoms with Crippen molar-refractivity contribution >= 4 is 17.4 Å². The molecule has 1 aliphatic carbocycles. The molecule has 0 spiro atoms. The van der Waals surface area contributed by atoms with Crippen molar-refractivity contribution in [3.63, 3.8) is 0 Å². The highest BCUT2D eigenvalue weighted by Crippen LogP contribution is 2.32. The molecule has 0 bridgehead atoms. The summed E-state index contributed by atoms with van der Waals surface area (Å²) in [4.78, 5) is 4.24. The van der Waals surface area contributed by atoms with E-state index in [0.717, 1.165) is 5.82 Å². The number of halogens is 1. The molecule has 1 N–H and O–H groups in total. The third-order valence-electron chi connectivity index (χ3n) is 2.85. The van der Waals surface area contributed by atoms with Gasteiger partial charge >= 0.3 is 0 Å². The Morgan fingerprint density at radius 1 is 1.36 bits per heavy atom. The molecule has 1 saturated carbocycles. The van der Waals surface area contributed by atoms with E-state index in [9.17, 15) is 0 Å². The largest absolute Gasteiger partial charge is 0.365 e. The van der Waals surface area contributed by atoms with E-state index in [1.807, 2.05) is 12.1 Å². The van der Waals surface area contributed by atoms with Crippen molar-refractivity contribution in [1.82, 2.24) is 4.98 Å². The second-order valence-corrected chi connectivity index (χ2v) is 4.63. The summed E-state index contributed by atoms with van der Waals surface area (Å²) in [5, 5.41) is 4.01. The summed E-state index contributed by atoms with van der Waals surface area (Å²) < 4.78 is 0. The lowest BCUT2D eigenvalue weighted by molar-refractivity contribution is 0.531. The molecule has 0 aliphatic heterocycles. The summed E-state index contributed by atoms with van der Waals surface area (Å²) in [6.45, 7) is 2.25. The number of anilines is 1. The van der Waals surface area contributed by atoms with Gasteiger partial charge in [0.05, 0.1) is 0 Å². The molecular weight excluding hydrogens is 196 g/mol. The molecule has 3 heteroatoms. The van der Waals surface area contributed by atoms with Crippen molar-refractivity contribution in [2.45, 2.75) is 38.1 Å². The average Bonchev–Trinajstić information content (AvgIpc) is 2.51. The summed E-state index contributed by atoms with van der Waals surface area (Å²) in [6, 6.07) is 5.69. The molecule has 2 nitrogen and oxygen atoms in total. The van der Waals surface area contributed by atoms with Gasteiger partial charge in [0, 0.05) is 5.54 Å². The van der Waals surface area contributed by atoms with E-state index in [0.29, 0.717) is 5.15 Å². The van der Waals surface area contributed by atoms with E-state index < -0.39 is 0 Å². The predicted molar refractivity (Wildman–Crippen MR) is 59.7 cm³/mol. The number of hydrogen-bond acceptors (Lipinski definition) is 2. The molecule has 14 heavy (non-hydrogen) atoms. The van der Waals surface area contributed by atoms with E-state index in [1.54, 1.807) is 6.07 Å². The fourth-order valence-electron chi connectivity index (χ4n) is 2.07. The number of rotatable bonds is 2. The average molecular weight is 211 g/mol. The van der Waals surface area contributed by atoms with E-state index >= 15 is 0 Å². The van der Waals surface area contributed by atoms with Crippen LogP contribution < -0.4 is 5.32 Å². The van der Waals surface area contributed by atoms with Crippen LogP contribution in [0.1, 0.15) is 32.6 Å². The van der Waals surface area contributed by atoms with Crippen molar-refractivity contribution in [2.75, 3.05) is 5.32 Å². The fourth-order valence-corrected chi connectivity index (χ4v) is 2.23. The minimum Gasteiger partial charge on any atom is -0.365 e. The lowest BCUT2D eigenvalue weighted by Gasteiger charge is -2.25. The summed E-state index contributed by atoms with van der Waals surface area (Å²) in [5.74, 6) is 0.891. The Morgan fingerprint density at radius 2 is 2.07 bits per heavy atom. The Bertz CT molecular complexity index is 319. The number of pyridine rings is 1. The van der Waals surface area contributed by atoms with Gasteiger partial charge in [-0.1, -0.05) is 30.5 Å². The van der Waals surface area contributed by atoms with Crippen LogP contribution in [0.25, 0.3) is 0 Å². The topological polar surface area (TPSA) is 24.9 Å². The molecule has 0 amide bonds. The maximum atomic E-state index is 5.82. The van der Waals surface area contributed by atoms with Gasteiger partial charge in [-0.2, -0.15) is 0 Å². The zero-order chi connectivity index (χ0) is 10.0. The number of nitrogens with zero attached hydrogens (tertiary/aromatic N) is 1. The van der Waals surface area contributed by atoms with Crippen LogP contribution in [0.15, 0.2) is 18.2 Å². The van der Waals surface area contributed by atoms with Crippen molar-refractivity contribution in [3.05, 3.63) is 23.4 Å². The molecule has 0 atom stereocenters. The zero-order valence-electron chi connectivity index (χ0n) is 8.39. The van der Waals surface area contributed by atoms with Gasteiger partial charge in [-0.15, -0.1) is 0 Å². The first-order valence-corrected chi connectivity index (χ1v) is 5.47. The quantitative estimate of drug-likeness (QED) is 0.756. The van der Waals surface area contributed by atoms with Gasteiger partial charge in [0.1, 0.15) is 11.0 Å². The Kier molecular flexibility index (Phi) is 2.64. The Morgan fingerprint density at radius 3 is 2.71 bits per heavy atom. The van der Waals surface area contributed by atoms with Gasteiger partial charge in [-0.3, -0.25) is 0 Å². The highest BCUT2D eigenvalue weighted by Gasteiger charge is 2.28. The standard InChI is InChI=1S/C11H15ClN2/c1-11(7-2-3-8-11)14-10-6-4-5-9(12)13-10/h4-6H,2-3,7-8H2,1H3,(H,13,14). The van der Waals surface area contributed by atoms with Gasteiger partial charge in [0.15, 0.2) is 0 Å². The summed E-state index contributed by atoms with van der Waals surface area (Å²) in [5.41, 5.74) is 0.220. The molecule has 0 radical (unpaired) electrons. The van der Waals surface area contributed by atoms with Crippen molar-refractivity contribution in [2.24, 2.45) is 0 Å². The van der Waals surface area contributed by atoms with Crippen molar-refractivity contribution < 1.29 is 0 Å². The van der Waals surface area contributed by atoms with Crippen LogP contribution in [-0.4, -0.2) is 10.5 Å². The summed E-state index contributed by atoms with van der Waals surface area (Å²) in [7, 11) is 0. The highest BCUT2D eigenvalue weighted by molar-refractivity contribution is 6.29. The first-order valence-electron chi connectivity index (χ1n) is 5.09. The number of aromatic nitrogens is 1. The van der Waals surface area contributed by atoms with Crippen molar-refractivity contribution in [3.8, 4) is 0 Å². The summed E-state index contributed by atoms with van der Waals surface area (Å²) >= 11 is 5.82. The molecule has 2 rings (SSSR count). The van der Waals surface area contributed by atoms with E-state index in [-0.39, 0.29) is 5.54 Å². The molecule has 1 aromatic rings. The van der Waals surface area contributed by atoms with Crippen LogP contribution in [0.5, 0.6) is 0 Å². The van der Waals surface area contributed by atoms with Gasteiger partial charge in [0.25, 0.3) is 0 Å². The molecule has 0 saturated heterocycles. The molecular formula is C11H15ClN2. The lowest BCUT2D eigenvalue weighted by Crippen LogP contribution is -2.31. The normalized spacial score (nSPS) is 19.6. The molecule has 1 fully saturated rings. The lowest BCUT2D eigenvalue weighted by atomic mass is 10.0. The van der Waals surface area contributed by atoms with E-state index in [1.165, 1.54) is 25.7 Å². The van der Waals surface area contributed by atoms with Crippen LogP contribution in [0, 0.1) is 0 Å². The molecule has 76 valence electrons. The molecule has 0 unspecified atom stereocenters. The maximum absolute atomic E-state index is 5.82. The Labute approximate surface area is 89.7 Å². The second-order valence-electron chi connectivity index (χ2n) is 4.24. The SMILES string of the molecule is CC1(Nc2cccc(Cl)n2)CCCC1. The van der Waals surface area contributed by atoms with E-state index in [4.69, 9.17) is 11.6 Å². The van der Waals surface area contributed by atoms with E-state index in [2.05, 4.69) is 17.2 Å².